The molecule has 0 unspecified atom stereocenters. The maximum absolute atomic E-state index is 6.67. The molecule has 1 nitrogen and oxygen atoms in total. The van der Waals surface area contributed by atoms with Crippen molar-refractivity contribution in [3.8, 4) is 0 Å². The fraction of sp³-hybridized carbons (Fsp3) is 1.00. The van der Waals surface area contributed by atoms with Gasteiger partial charge in [0.15, 0.2) is 0 Å². The number of hydrogen-bond donors (Lipinski definition) is 0. The molecule has 1 N–H and O–H groups in total. The lowest BCUT2D eigenvalue weighted by atomic mass is 10.6. The molecule has 6 heavy (non-hydrogen) atoms. The average molecular weight is 104 g/mol. The summed E-state index contributed by atoms with van der Waals surface area (Å²) >= 11 is 1.67. The third-order valence-corrected chi connectivity index (χ3v) is 1.35. The molecule has 0 aromatic carbocycles. The lowest BCUT2D eigenvalue weighted by Crippen LogP contribution is -1.77. The molecule has 0 aromatic rings. The molecule has 1 radical (unpaired) electrons. The molecule has 2 heteroatoms. The monoisotopic (exact) mass is 104 g/mol. The average Bonchev–Trinajstić information content (AvgIpc) is 1.61. The van der Waals surface area contributed by atoms with Crippen LogP contribution in [0.2, 0.25) is 0 Å². The predicted octanol–water partition coefficient (Wildman–Crippen LogP) is 1.37. The lowest BCUT2D eigenvalue weighted by Gasteiger charge is -1.86. The highest BCUT2D eigenvalue weighted by atomic mass is 32.2. The molecule has 0 aliphatic rings. The van der Waals surface area contributed by atoms with E-state index in [1.807, 2.05) is 0 Å². The van der Waals surface area contributed by atoms with Gasteiger partial charge in [0, 0.05) is 0 Å². The molecule has 0 bridgehead atoms. The van der Waals surface area contributed by atoms with E-state index in [0.717, 1.165) is 5.75 Å². The van der Waals surface area contributed by atoms with Crippen LogP contribution in [0.25, 0.3) is 0 Å². The van der Waals surface area contributed by atoms with Crippen molar-refractivity contribution in [3.63, 3.8) is 0 Å². The first-order valence-corrected chi connectivity index (χ1v) is 3.29. The van der Waals surface area contributed by atoms with Gasteiger partial charge < -0.3 is 0 Å². The highest BCUT2D eigenvalue weighted by Crippen LogP contribution is 1.96. The summed E-state index contributed by atoms with van der Waals surface area (Å²) in [5.41, 5.74) is 6.67. The van der Waals surface area contributed by atoms with Crippen LogP contribution in [-0.4, -0.2) is 11.6 Å². The Labute approximate surface area is 43.3 Å². The van der Waals surface area contributed by atoms with Crippen molar-refractivity contribution in [2.75, 3.05) is 11.6 Å². The van der Waals surface area contributed by atoms with Gasteiger partial charge in [-0.15, -0.1) is 11.8 Å². The fourth-order valence-electron chi connectivity index (χ4n) is 0.217. The van der Waals surface area contributed by atoms with Crippen molar-refractivity contribution in [1.82, 2.24) is 5.73 Å². The van der Waals surface area contributed by atoms with Crippen LogP contribution < -0.4 is 5.73 Å². The van der Waals surface area contributed by atoms with Gasteiger partial charge in [0.1, 0.15) is 0 Å². The minimum atomic E-state index is 0.522. The number of hydrogen-bond acceptors (Lipinski definition) is 1. The molecule has 0 saturated heterocycles. The van der Waals surface area contributed by atoms with E-state index in [4.69, 9.17) is 5.73 Å². The van der Waals surface area contributed by atoms with Crippen molar-refractivity contribution in [3.05, 3.63) is 0 Å². The minimum Gasteiger partial charge on any atom is -0.247 e. The first-order chi connectivity index (χ1) is 2.91. The molecule has 0 aliphatic carbocycles. The molecular weight excluding hydrogens is 94.1 g/mol. The van der Waals surface area contributed by atoms with Crippen LogP contribution in [-0.2, 0) is 0 Å². The normalized spacial score (nSPS) is 9.00. The zero-order chi connectivity index (χ0) is 4.83. The maximum Gasteiger partial charge on any atom is 0.0557 e. The molecule has 0 aliphatic heterocycles. The van der Waals surface area contributed by atoms with Gasteiger partial charge in [-0.1, -0.05) is 6.92 Å². The highest BCUT2D eigenvalue weighted by Gasteiger charge is 1.75. The van der Waals surface area contributed by atoms with E-state index in [-0.39, 0.29) is 0 Å². The molecule has 37 valence electrons. The van der Waals surface area contributed by atoms with Crippen molar-refractivity contribution in [1.29, 1.82) is 0 Å². The summed E-state index contributed by atoms with van der Waals surface area (Å²) in [6.07, 6.45) is 1.20. The van der Waals surface area contributed by atoms with Gasteiger partial charge in [0.2, 0.25) is 0 Å². The SMILES string of the molecule is CCCSC[NH]. The second kappa shape index (κ2) is 5.31. The molecule has 0 aromatic heterocycles. The maximum atomic E-state index is 6.67. The molecular formula is C4H10NS. The predicted molar refractivity (Wildman–Crippen MR) is 30.7 cm³/mol. The van der Waals surface area contributed by atoms with E-state index < -0.39 is 0 Å². The topological polar surface area (TPSA) is 23.8 Å². The highest BCUT2D eigenvalue weighted by molar-refractivity contribution is 7.99. The van der Waals surface area contributed by atoms with Crippen LogP contribution in [0.15, 0.2) is 0 Å². The first kappa shape index (κ1) is 6.31. The van der Waals surface area contributed by atoms with Crippen molar-refractivity contribution >= 4 is 11.8 Å². The van der Waals surface area contributed by atoms with E-state index in [9.17, 15) is 0 Å². The Morgan fingerprint density at radius 2 is 2.33 bits per heavy atom. The molecule has 0 heterocycles. The van der Waals surface area contributed by atoms with Crippen LogP contribution in [0.3, 0.4) is 0 Å². The Kier molecular flexibility index (Phi) is 5.58. The van der Waals surface area contributed by atoms with Crippen LogP contribution in [0, 0.1) is 0 Å². The molecule has 0 amide bonds. The summed E-state index contributed by atoms with van der Waals surface area (Å²) in [6, 6.07) is 0. The number of thioether (sulfide) groups is 1. The molecule has 0 rings (SSSR count). The van der Waals surface area contributed by atoms with E-state index in [1.54, 1.807) is 11.8 Å². The summed E-state index contributed by atoms with van der Waals surface area (Å²) in [6.45, 7) is 2.13. The zero-order valence-corrected chi connectivity index (χ0v) is 4.85. The molecule has 0 atom stereocenters. The Balaban J connectivity index is 2.34. The standard InChI is InChI=1S/C4H10NS/c1-2-3-6-4-5/h5H,2-4H2,1H3. The van der Waals surface area contributed by atoms with Crippen molar-refractivity contribution in [2.24, 2.45) is 0 Å². The summed E-state index contributed by atoms with van der Waals surface area (Å²) in [4.78, 5) is 0. The van der Waals surface area contributed by atoms with E-state index >= 15 is 0 Å². The van der Waals surface area contributed by atoms with Gasteiger partial charge in [0.25, 0.3) is 0 Å². The molecule has 0 saturated carbocycles. The molecule has 0 fully saturated rings. The number of rotatable bonds is 3. The smallest absolute Gasteiger partial charge is 0.0557 e. The Bertz CT molecular complexity index is 19.5. The largest absolute Gasteiger partial charge is 0.247 e. The van der Waals surface area contributed by atoms with Gasteiger partial charge in [-0.05, 0) is 12.2 Å². The Morgan fingerprint density at radius 1 is 1.67 bits per heavy atom. The zero-order valence-electron chi connectivity index (χ0n) is 4.03. The van der Waals surface area contributed by atoms with Crippen LogP contribution in [0.4, 0.5) is 0 Å². The third kappa shape index (κ3) is 4.31. The van der Waals surface area contributed by atoms with Gasteiger partial charge in [-0.3, -0.25) is 0 Å². The Morgan fingerprint density at radius 3 is 2.50 bits per heavy atom. The second-order valence-corrected chi connectivity index (χ2v) is 2.16. The second-order valence-electron chi connectivity index (χ2n) is 1.05. The number of nitrogens with one attached hydrogen (secondary N) is 1. The molecule has 0 spiro atoms. The van der Waals surface area contributed by atoms with Gasteiger partial charge in [-0.2, -0.15) is 0 Å². The van der Waals surface area contributed by atoms with Crippen molar-refractivity contribution < 1.29 is 0 Å². The quantitative estimate of drug-likeness (QED) is 0.496. The summed E-state index contributed by atoms with van der Waals surface area (Å²) in [5, 5.41) is 0. The van der Waals surface area contributed by atoms with Crippen LogP contribution in [0.5, 0.6) is 0 Å². The third-order valence-electron chi connectivity index (χ3n) is 0.451. The van der Waals surface area contributed by atoms with Gasteiger partial charge in [0.05, 0.1) is 5.88 Å². The van der Waals surface area contributed by atoms with Gasteiger partial charge >= 0.3 is 0 Å². The first-order valence-electron chi connectivity index (χ1n) is 2.14. The van der Waals surface area contributed by atoms with E-state index in [2.05, 4.69) is 6.92 Å². The van der Waals surface area contributed by atoms with Crippen LogP contribution >= 0.6 is 11.8 Å². The summed E-state index contributed by atoms with van der Waals surface area (Å²) in [7, 11) is 0. The minimum absolute atomic E-state index is 0.522. The summed E-state index contributed by atoms with van der Waals surface area (Å²) < 4.78 is 0. The fourth-order valence-corrected chi connectivity index (χ4v) is 0.650. The van der Waals surface area contributed by atoms with Crippen molar-refractivity contribution in [2.45, 2.75) is 13.3 Å². The van der Waals surface area contributed by atoms with Gasteiger partial charge in [-0.25, -0.2) is 5.73 Å². The summed E-state index contributed by atoms with van der Waals surface area (Å²) in [5.74, 6) is 1.66. The lowest BCUT2D eigenvalue weighted by molar-refractivity contribution is 1.10. The Hall–Kier alpha value is 0.310. The van der Waals surface area contributed by atoms with E-state index in [1.165, 1.54) is 6.42 Å². The van der Waals surface area contributed by atoms with Crippen LogP contribution in [0.1, 0.15) is 13.3 Å². The van der Waals surface area contributed by atoms with E-state index in [0.29, 0.717) is 5.88 Å².